The SMILES string of the molecule is NC(=O)CNc1cnc2ccc(-c3ccc4oc(N)nc4c3)cc2n1. The van der Waals surface area contributed by atoms with Gasteiger partial charge in [0.15, 0.2) is 5.58 Å². The first-order valence-electron chi connectivity index (χ1n) is 7.54. The maximum Gasteiger partial charge on any atom is 0.292 e. The molecule has 8 heteroatoms. The lowest BCUT2D eigenvalue weighted by molar-refractivity contribution is -0.116. The van der Waals surface area contributed by atoms with E-state index in [1.807, 2.05) is 36.4 Å². The van der Waals surface area contributed by atoms with Gasteiger partial charge in [-0.3, -0.25) is 9.78 Å². The number of fused-ring (bicyclic) bond motifs is 2. The maximum atomic E-state index is 10.9. The first-order chi connectivity index (χ1) is 12.1. The molecule has 0 spiro atoms. The van der Waals surface area contributed by atoms with Crippen LogP contribution in [0.2, 0.25) is 0 Å². The first kappa shape index (κ1) is 14.9. The van der Waals surface area contributed by atoms with E-state index in [4.69, 9.17) is 15.9 Å². The molecule has 0 fully saturated rings. The minimum atomic E-state index is -0.462. The van der Waals surface area contributed by atoms with Crippen LogP contribution >= 0.6 is 0 Å². The minimum absolute atomic E-state index is 0.00409. The Morgan fingerprint density at radius 2 is 1.80 bits per heavy atom. The molecule has 0 saturated carbocycles. The second-order valence-electron chi connectivity index (χ2n) is 5.51. The van der Waals surface area contributed by atoms with E-state index < -0.39 is 5.91 Å². The Hall–Kier alpha value is -3.68. The van der Waals surface area contributed by atoms with Gasteiger partial charge in [-0.25, -0.2) is 4.98 Å². The van der Waals surface area contributed by atoms with Gasteiger partial charge in [-0.2, -0.15) is 4.98 Å². The van der Waals surface area contributed by atoms with E-state index in [0.29, 0.717) is 22.4 Å². The van der Waals surface area contributed by atoms with Gasteiger partial charge in [0.1, 0.15) is 11.3 Å². The van der Waals surface area contributed by atoms with E-state index in [1.54, 1.807) is 6.20 Å². The van der Waals surface area contributed by atoms with E-state index in [9.17, 15) is 4.79 Å². The van der Waals surface area contributed by atoms with Gasteiger partial charge in [0.2, 0.25) is 5.91 Å². The molecule has 0 radical (unpaired) electrons. The number of anilines is 2. The zero-order valence-electron chi connectivity index (χ0n) is 13.1. The third-order valence-corrected chi connectivity index (χ3v) is 3.72. The van der Waals surface area contributed by atoms with Crippen LogP contribution in [0.25, 0.3) is 33.3 Å². The molecule has 4 aromatic rings. The van der Waals surface area contributed by atoms with E-state index in [2.05, 4.69) is 20.3 Å². The molecule has 124 valence electrons. The number of carbonyl (C=O) groups is 1. The molecule has 2 aromatic carbocycles. The third-order valence-electron chi connectivity index (χ3n) is 3.72. The maximum absolute atomic E-state index is 10.9. The number of nitrogens with one attached hydrogen (secondary N) is 1. The number of carbonyl (C=O) groups excluding carboxylic acids is 1. The van der Waals surface area contributed by atoms with E-state index in [1.165, 1.54) is 0 Å². The number of hydrogen-bond donors (Lipinski definition) is 3. The molecule has 0 atom stereocenters. The van der Waals surface area contributed by atoms with Gasteiger partial charge < -0.3 is 21.2 Å². The Morgan fingerprint density at radius 3 is 2.60 bits per heavy atom. The molecule has 0 aliphatic heterocycles. The fraction of sp³-hybridized carbons (Fsp3) is 0.0588. The van der Waals surface area contributed by atoms with Gasteiger partial charge in [0.25, 0.3) is 6.01 Å². The molecule has 25 heavy (non-hydrogen) atoms. The lowest BCUT2D eigenvalue weighted by atomic mass is 10.0. The van der Waals surface area contributed by atoms with Gasteiger partial charge in [-0.15, -0.1) is 0 Å². The lowest BCUT2D eigenvalue weighted by Crippen LogP contribution is -2.22. The van der Waals surface area contributed by atoms with Gasteiger partial charge in [-0.05, 0) is 35.4 Å². The molecule has 0 aliphatic rings. The van der Waals surface area contributed by atoms with Crippen LogP contribution in [-0.4, -0.2) is 27.4 Å². The van der Waals surface area contributed by atoms with Crippen LogP contribution in [0.4, 0.5) is 11.8 Å². The molecule has 2 aromatic heterocycles. The van der Waals surface area contributed by atoms with Crippen LogP contribution in [0.3, 0.4) is 0 Å². The van der Waals surface area contributed by atoms with E-state index in [-0.39, 0.29) is 12.6 Å². The number of amides is 1. The van der Waals surface area contributed by atoms with Crippen molar-refractivity contribution in [3.05, 3.63) is 42.6 Å². The van der Waals surface area contributed by atoms with Crippen molar-refractivity contribution in [3.63, 3.8) is 0 Å². The summed E-state index contributed by atoms with van der Waals surface area (Å²) in [4.78, 5) is 23.8. The topological polar surface area (TPSA) is 133 Å². The fourth-order valence-corrected chi connectivity index (χ4v) is 2.58. The van der Waals surface area contributed by atoms with Crippen molar-refractivity contribution in [1.29, 1.82) is 0 Å². The number of primary amides is 1. The molecule has 0 saturated heterocycles. The highest BCUT2D eigenvalue weighted by atomic mass is 16.4. The first-order valence-corrected chi connectivity index (χ1v) is 7.54. The average molecular weight is 334 g/mol. The number of nitrogens with two attached hydrogens (primary N) is 2. The monoisotopic (exact) mass is 334 g/mol. The highest BCUT2D eigenvalue weighted by molar-refractivity contribution is 5.86. The predicted molar refractivity (Wildman–Crippen MR) is 94.6 cm³/mol. The fourth-order valence-electron chi connectivity index (χ4n) is 2.58. The highest BCUT2D eigenvalue weighted by Gasteiger charge is 2.07. The Kier molecular flexibility index (Phi) is 3.42. The largest absolute Gasteiger partial charge is 0.424 e. The number of hydrogen-bond acceptors (Lipinski definition) is 7. The van der Waals surface area contributed by atoms with Crippen LogP contribution in [0.15, 0.2) is 47.0 Å². The standard InChI is InChI=1S/C17H14N6O2/c18-15(24)7-21-16-8-20-11-3-1-9(5-12(11)22-16)10-2-4-14-13(6-10)23-17(19)25-14/h1-6,8H,7H2,(H2,18,24)(H2,19,23)(H,21,22). The summed E-state index contributed by atoms with van der Waals surface area (Å²) in [6.07, 6.45) is 1.56. The van der Waals surface area contributed by atoms with Crippen molar-refractivity contribution in [2.45, 2.75) is 0 Å². The molecule has 4 rings (SSSR count). The molecular weight excluding hydrogens is 320 g/mol. The van der Waals surface area contributed by atoms with Crippen LogP contribution in [0.1, 0.15) is 0 Å². The Labute approximate surface area is 141 Å². The molecule has 1 amide bonds. The third kappa shape index (κ3) is 2.92. The Balaban J connectivity index is 1.74. The number of oxazole rings is 1. The highest BCUT2D eigenvalue weighted by Crippen LogP contribution is 2.27. The summed E-state index contributed by atoms with van der Waals surface area (Å²) in [7, 11) is 0. The van der Waals surface area contributed by atoms with Crippen molar-refractivity contribution in [3.8, 4) is 11.1 Å². The molecule has 2 heterocycles. The van der Waals surface area contributed by atoms with Crippen molar-refractivity contribution < 1.29 is 9.21 Å². The van der Waals surface area contributed by atoms with Crippen LogP contribution < -0.4 is 16.8 Å². The number of nitrogen functional groups attached to an aromatic ring is 1. The van der Waals surface area contributed by atoms with Gasteiger partial charge >= 0.3 is 0 Å². The van der Waals surface area contributed by atoms with Crippen molar-refractivity contribution in [2.24, 2.45) is 5.73 Å². The predicted octanol–water partition coefficient (Wildman–Crippen LogP) is 1.92. The summed E-state index contributed by atoms with van der Waals surface area (Å²) in [6, 6.07) is 11.6. The second-order valence-corrected chi connectivity index (χ2v) is 5.51. The summed E-state index contributed by atoms with van der Waals surface area (Å²) in [5.41, 5.74) is 15.4. The molecule has 0 unspecified atom stereocenters. The quantitative estimate of drug-likeness (QED) is 0.519. The number of rotatable bonds is 4. The number of aromatic nitrogens is 3. The summed E-state index contributed by atoms with van der Waals surface area (Å²) < 4.78 is 5.29. The van der Waals surface area contributed by atoms with Gasteiger partial charge in [0.05, 0.1) is 23.8 Å². The zero-order valence-corrected chi connectivity index (χ0v) is 13.1. The molecule has 5 N–H and O–H groups in total. The van der Waals surface area contributed by atoms with Gasteiger partial charge in [-0.1, -0.05) is 12.1 Å². The number of benzene rings is 2. The van der Waals surface area contributed by atoms with Gasteiger partial charge in [0, 0.05) is 0 Å². The Morgan fingerprint density at radius 1 is 1.04 bits per heavy atom. The molecule has 0 aliphatic carbocycles. The summed E-state index contributed by atoms with van der Waals surface area (Å²) in [5.74, 6) is 0.0269. The van der Waals surface area contributed by atoms with Crippen LogP contribution in [0, 0.1) is 0 Å². The zero-order chi connectivity index (χ0) is 17.4. The second kappa shape index (κ2) is 5.75. The lowest BCUT2D eigenvalue weighted by Gasteiger charge is -2.06. The average Bonchev–Trinajstić information content (AvgIpc) is 2.98. The Bertz CT molecular complexity index is 1100. The molecule has 8 nitrogen and oxygen atoms in total. The summed E-state index contributed by atoms with van der Waals surface area (Å²) >= 11 is 0. The molecular formula is C17H14N6O2. The van der Waals surface area contributed by atoms with Crippen molar-refractivity contribution in [2.75, 3.05) is 17.6 Å². The normalized spacial score (nSPS) is 11.0. The minimum Gasteiger partial charge on any atom is -0.424 e. The van der Waals surface area contributed by atoms with Crippen LogP contribution in [0.5, 0.6) is 0 Å². The van der Waals surface area contributed by atoms with Crippen molar-refractivity contribution in [1.82, 2.24) is 15.0 Å². The summed E-state index contributed by atoms with van der Waals surface area (Å²) in [6.45, 7) is 0.00409. The van der Waals surface area contributed by atoms with Crippen molar-refractivity contribution >= 4 is 39.9 Å². The summed E-state index contributed by atoms with van der Waals surface area (Å²) in [5, 5.41) is 2.84. The smallest absolute Gasteiger partial charge is 0.292 e. The van der Waals surface area contributed by atoms with E-state index >= 15 is 0 Å². The molecule has 0 bridgehead atoms. The van der Waals surface area contributed by atoms with E-state index in [0.717, 1.165) is 16.6 Å². The van der Waals surface area contributed by atoms with Crippen LogP contribution in [-0.2, 0) is 4.79 Å². The number of nitrogens with zero attached hydrogens (tertiary/aromatic N) is 3.